The Bertz CT molecular complexity index is 563. The molecule has 0 saturated carbocycles. The first-order valence-electron chi connectivity index (χ1n) is 7.23. The second-order valence-corrected chi connectivity index (χ2v) is 4.49. The zero-order valence-corrected chi connectivity index (χ0v) is 13.4. The fraction of sp³-hybridized carbons (Fsp3) is 0.375. The number of esters is 2. The molecular formula is C16H20N2O5. The number of carbonyl (C=O) groups excluding carboxylic acids is 3. The quantitative estimate of drug-likeness (QED) is 0.471. The van der Waals surface area contributed by atoms with E-state index >= 15 is 0 Å². The number of benzene rings is 1. The lowest BCUT2D eigenvalue weighted by Gasteiger charge is -2.10. The van der Waals surface area contributed by atoms with Gasteiger partial charge >= 0.3 is 11.9 Å². The Balaban J connectivity index is 2.85. The van der Waals surface area contributed by atoms with Gasteiger partial charge in [-0.1, -0.05) is 0 Å². The van der Waals surface area contributed by atoms with E-state index in [-0.39, 0.29) is 19.1 Å². The highest BCUT2D eigenvalue weighted by atomic mass is 16.6. The van der Waals surface area contributed by atoms with Gasteiger partial charge in [0.15, 0.2) is 5.92 Å². The monoisotopic (exact) mass is 320 g/mol. The Morgan fingerprint density at radius 1 is 1.09 bits per heavy atom. The standard InChI is InChI=1S/C16H20N2O5/c1-4-22-15(20)14(16(21)23-5-2)10-17-12-6-8-13(9-7-12)18-11(3)19/h6-10,14H,4-5H2,1-3H3,(H,18,19). The predicted molar refractivity (Wildman–Crippen MR) is 85.7 cm³/mol. The summed E-state index contributed by atoms with van der Waals surface area (Å²) in [6.07, 6.45) is 1.20. The largest absolute Gasteiger partial charge is 0.465 e. The smallest absolute Gasteiger partial charge is 0.325 e. The summed E-state index contributed by atoms with van der Waals surface area (Å²) in [5.74, 6) is -2.79. The maximum Gasteiger partial charge on any atom is 0.325 e. The zero-order chi connectivity index (χ0) is 17.2. The van der Waals surface area contributed by atoms with E-state index in [0.29, 0.717) is 11.4 Å². The predicted octanol–water partition coefficient (Wildman–Crippen LogP) is 2.09. The van der Waals surface area contributed by atoms with E-state index in [1.165, 1.54) is 13.1 Å². The molecule has 1 aromatic carbocycles. The average molecular weight is 320 g/mol. The summed E-state index contributed by atoms with van der Waals surface area (Å²) in [6, 6.07) is 6.62. The van der Waals surface area contributed by atoms with Crippen molar-refractivity contribution in [2.45, 2.75) is 20.8 Å². The number of aliphatic imine (C=N–C) groups is 1. The number of hydrogen-bond acceptors (Lipinski definition) is 6. The van der Waals surface area contributed by atoms with Gasteiger partial charge < -0.3 is 14.8 Å². The van der Waals surface area contributed by atoms with Gasteiger partial charge in [0.25, 0.3) is 0 Å². The van der Waals surface area contributed by atoms with Gasteiger partial charge in [0, 0.05) is 18.8 Å². The van der Waals surface area contributed by atoms with E-state index in [9.17, 15) is 14.4 Å². The van der Waals surface area contributed by atoms with Crippen LogP contribution in [0.2, 0.25) is 0 Å². The van der Waals surface area contributed by atoms with Crippen LogP contribution in [0.25, 0.3) is 0 Å². The summed E-state index contributed by atoms with van der Waals surface area (Å²) < 4.78 is 9.69. The Hall–Kier alpha value is -2.70. The SMILES string of the molecule is CCOC(=O)C(C=Nc1ccc(NC(C)=O)cc1)C(=O)OCC. The Morgan fingerprint density at radius 2 is 1.61 bits per heavy atom. The molecule has 0 heterocycles. The van der Waals surface area contributed by atoms with Gasteiger partial charge in [-0.2, -0.15) is 0 Å². The van der Waals surface area contributed by atoms with E-state index in [4.69, 9.17) is 9.47 Å². The highest BCUT2D eigenvalue weighted by Gasteiger charge is 2.27. The van der Waals surface area contributed by atoms with Crippen molar-refractivity contribution in [1.82, 2.24) is 0 Å². The third-order valence-electron chi connectivity index (χ3n) is 2.64. The number of rotatable bonds is 7. The first-order valence-corrected chi connectivity index (χ1v) is 7.23. The molecule has 0 unspecified atom stereocenters. The summed E-state index contributed by atoms with van der Waals surface area (Å²) in [5.41, 5.74) is 1.15. The summed E-state index contributed by atoms with van der Waals surface area (Å²) >= 11 is 0. The average Bonchev–Trinajstić information content (AvgIpc) is 2.49. The number of nitrogens with one attached hydrogen (secondary N) is 1. The molecule has 1 rings (SSSR count). The van der Waals surface area contributed by atoms with Crippen molar-refractivity contribution in [1.29, 1.82) is 0 Å². The Kier molecular flexibility index (Phi) is 7.45. The minimum Gasteiger partial charge on any atom is -0.465 e. The van der Waals surface area contributed by atoms with Crippen LogP contribution in [0, 0.1) is 5.92 Å². The summed E-state index contributed by atoms with van der Waals surface area (Å²) in [6.45, 7) is 5.04. The number of hydrogen-bond donors (Lipinski definition) is 1. The fourth-order valence-electron chi connectivity index (χ4n) is 1.68. The fourth-order valence-corrected chi connectivity index (χ4v) is 1.68. The van der Waals surface area contributed by atoms with Crippen LogP contribution in [0.1, 0.15) is 20.8 Å². The molecule has 124 valence electrons. The van der Waals surface area contributed by atoms with Crippen LogP contribution < -0.4 is 5.32 Å². The van der Waals surface area contributed by atoms with Gasteiger partial charge in [-0.25, -0.2) is 0 Å². The number of carbonyl (C=O) groups is 3. The van der Waals surface area contributed by atoms with Crippen LogP contribution in [0.5, 0.6) is 0 Å². The molecule has 7 heteroatoms. The highest BCUT2D eigenvalue weighted by Crippen LogP contribution is 2.16. The van der Waals surface area contributed by atoms with Crippen LogP contribution in [0.4, 0.5) is 11.4 Å². The molecule has 23 heavy (non-hydrogen) atoms. The maximum absolute atomic E-state index is 11.8. The molecular weight excluding hydrogens is 300 g/mol. The molecule has 0 bridgehead atoms. The van der Waals surface area contributed by atoms with Gasteiger partial charge in [0.2, 0.25) is 5.91 Å². The van der Waals surface area contributed by atoms with Crippen LogP contribution >= 0.6 is 0 Å². The molecule has 1 aromatic rings. The summed E-state index contributed by atoms with van der Waals surface area (Å²) in [4.78, 5) is 38.6. The van der Waals surface area contributed by atoms with Gasteiger partial charge in [-0.3, -0.25) is 19.4 Å². The number of amides is 1. The molecule has 1 amide bonds. The van der Waals surface area contributed by atoms with E-state index in [1.54, 1.807) is 38.1 Å². The highest BCUT2D eigenvalue weighted by molar-refractivity contribution is 6.09. The van der Waals surface area contributed by atoms with Crippen molar-refractivity contribution < 1.29 is 23.9 Å². The number of anilines is 1. The normalized spacial score (nSPS) is 10.6. The van der Waals surface area contributed by atoms with E-state index in [1.807, 2.05) is 0 Å². The van der Waals surface area contributed by atoms with E-state index < -0.39 is 17.9 Å². The molecule has 0 aliphatic carbocycles. The van der Waals surface area contributed by atoms with Crippen molar-refractivity contribution in [2.75, 3.05) is 18.5 Å². The molecule has 0 spiro atoms. The van der Waals surface area contributed by atoms with Crippen molar-refractivity contribution in [3.05, 3.63) is 24.3 Å². The molecule has 0 aliphatic heterocycles. The third kappa shape index (κ3) is 6.29. The van der Waals surface area contributed by atoms with Crippen molar-refractivity contribution in [3.8, 4) is 0 Å². The van der Waals surface area contributed by atoms with Crippen molar-refractivity contribution in [3.63, 3.8) is 0 Å². The molecule has 0 atom stereocenters. The zero-order valence-electron chi connectivity index (χ0n) is 13.4. The van der Waals surface area contributed by atoms with Crippen LogP contribution in [0.3, 0.4) is 0 Å². The lowest BCUT2D eigenvalue weighted by Crippen LogP contribution is -2.29. The van der Waals surface area contributed by atoms with Crippen molar-refractivity contribution in [2.24, 2.45) is 10.9 Å². The molecule has 0 aliphatic rings. The second kappa shape index (κ2) is 9.34. The molecule has 0 aromatic heterocycles. The number of nitrogens with zero attached hydrogens (tertiary/aromatic N) is 1. The number of ether oxygens (including phenoxy) is 2. The summed E-state index contributed by atoms with van der Waals surface area (Å²) in [5, 5.41) is 2.63. The molecule has 0 fully saturated rings. The van der Waals surface area contributed by atoms with Gasteiger partial charge in [0.05, 0.1) is 18.9 Å². The summed E-state index contributed by atoms with van der Waals surface area (Å²) in [7, 11) is 0. The third-order valence-corrected chi connectivity index (χ3v) is 2.64. The van der Waals surface area contributed by atoms with Crippen LogP contribution in [0.15, 0.2) is 29.3 Å². The lowest BCUT2D eigenvalue weighted by atomic mass is 10.1. The van der Waals surface area contributed by atoms with Crippen LogP contribution in [-0.2, 0) is 23.9 Å². The first kappa shape index (κ1) is 18.3. The maximum atomic E-state index is 11.8. The van der Waals surface area contributed by atoms with Gasteiger partial charge in [-0.15, -0.1) is 0 Å². The second-order valence-electron chi connectivity index (χ2n) is 4.49. The molecule has 0 saturated heterocycles. The van der Waals surface area contributed by atoms with E-state index in [2.05, 4.69) is 10.3 Å². The lowest BCUT2D eigenvalue weighted by molar-refractivity contribution is -0.157. The topological polar surface area (TPSA) is 94.1 Å². The molecule has 1 N–H and O–H groups in total. The minimum atomic E-state index is -1.20. The molecule has 7 nitrogen and oxygen atoms in total. The molecule has 0 radical (unpaired) electrons. The van der Waals surface area contributed by atoms with Crippen molar-refractivity contribution >= 4 is 35.4 Å². The minimum absolute atomic E-state index is 0.161. The first-order chi connectivity index (χ1) is 11.0. The van der Waals surface area contributed by atoms with Crippen LogP contribution in [-0.4, -0.2) is 37.3 Å². The van der Waals surface area contributed by atoms with Gasteiger partial charge in [0.1, 0.15) is 0 Å². The van der Waals surface area contributed by atoms with E-state index in [0.717, 1.165) is 0 Å². The van der Waals surface area contributed by atoms with Gasteiger partial charge in [-0.05, 0) is 38.1 Å². The Labute approximate surface area is 134 Å². The Morgan fingerprint density at radius 3 is 2.04 bits per heavy atom.